The zero-order valence-electron chi connectivity index (χ0n) is 19.7. The molecule has 0 aliphatic carbocycles. The van der Waals surface area contributed by atoms with Crippen LogP contribution in [-0.2, 0) is 14.4 Å². The number of nitrogens with one attached hydrogen (secondary N) is 2. The van der Waals surface area contributed by atoms with Gasteiger partial charge in [0.25, 0.3) is 0 Å². The first-order chi connectivity index (χ1) is 16.3. The highest BCUT2D eigenvalue weighted by Crippen LogP contribution is 2.71. The first kappa shape index (κ1) is 23.2. The first-order valence-corrected chi connectivity index (χ1v) is 12.8. The number of hydrogen-bond donors (Lipinski definition) is 3. The van der Waals surface area contributed by atoms with Crippen LogP contribution in [0.4, 0.5) is 5.69 Å². The third kappa shape index (κ3) is 3.18. The van der Waals surface area contributed by atoms with E-state index >= 15 is 0 Å². The van der Waals surface area contributed by atoms with Crippen LogP contribution in [0.15, 0.2) is 42.5 Å². The summed E-state index contributed by atoms with van der Waals surface area (Å²) in [7, 11) is 1.60. The quantitative estimate of drug-likeness (QED) is 0.589. The number of nitrogens with zero attached hydrogens (tertiary/aromatic N) is 1. The Kier molecular flexibility index (Phi) is 5.64. The molecule has 3 amide bonds. The van der Waals surface area contributed by atoms with E-state index in [4.69, 9.17) is 0 Å². The molecule has 3 fully saturated rings. The molecule has 3 aliphatic rings. The number of thioether (sulfide) groups is 1. The molecule has 2 aromatic carbocycles. The van der Waals surface area contributed by atoms with Gasteiger partial charge in [0.05, 0.1) is 29.2 Å². The highest BCUT2D eigenvalue weighted by Gasteiger charge is 2.77. The van der Waals surface area contributed by atoms with Gasteiger partial charge in [0.1, 0.15) is 6.04 Å². The second-order valence-electron chi connectivity index (χ2n) is 9.88. The summed E-state index contributed by atoms with van der Waals surface area (Å²) < 4.78 is -1.08. The van der Waals surface area contributed by atoms with Gasteiger partial charge in [-0.3, -0.25) is 14.4 Å². The zero-order chi connectivity index (χ0) is 24.3. The summed E-state index contributed by atoms with van der Waals surface area (Å²) in [6, 6.07) is 12.5. The summed E-state index contributed by atoms with van der Waals surface area (Å²) in [5, 5.41) is 18.0. The van der Waals surface area contributed by atoms with Crippen LogP contribution in [0.25, 0.3) is 10.8 Å². The minimum absolute atomic E-state index is 0.150. The molecule has 7 nitrogen and oxygen atoms in total. The van der Waals surface area contributed by atoms with Crippen LogP contribution in [0.3, 0.4) is 0 Å². The van der Waals surface area contributed by atoms with Crippen molar-refractivity contribution in [1.29, 1.82) is 0 Å². The van der Waals surface area contributed by atoms with E-state index in [1.165, 1.54) is 0 Å². The normalized spacial score (nSPS) is 32.6. The number of aliphatic hydroxyl groups excluding tert-OH is 1. The van der Waals surface area contributed by atoms with Crippen LogP contribution >= 0.6 is 11.8 Å². The third-order valence-electron chi connectivity index (χ3n) is 8.08. The lowest BCUT2D eigenvalue weighted by Gasteiger charge is -2.36. The van der Waals surface area contributed by atoms with Crippen molar-refractivity contribution in [3.63, 3.8) is 0 Å². The molecule has 2 aromatic rings. The van der Waals surface area contributed by atoms with E-state index in [-0.39, 0.29) is 24.3 Å². The molecule has 0 saturated carbocycles. The van der Waals surface area contributed by atoms with E-state index in [9.17, 15) is 19.5 Å². The van der Waals surface area contributed by atoms with Crippen molar-refractivity contribution in [2.45, 2.75) is 54.7 Å². The number of benzene rings is 2. The van der Waals surface area contributed by atoms with E-state index in [2.05, 4.69) is 10.6 Å². The number of rotatable bonds is 6. The molecule has 0 radical (unpaired) electrons. The summed E-state index contributed by atoms with van der Waals surface area (Å²) >= 11 is 1.63. The average molecular weight is 482 g/mol. The molecule has 3 aliphatic heterocycles. The SMILES string of the molecule is CC[C@@H](CO)N1C(=O)[C@@H]2[C@H](C(=O)NC)[C@]3(C)CCC2(S3)C1C(=O)Nc1ccc2ccccc2c1. The maximum absolute atomic E-state index is 13.9. The number of likely N-dealkylation sites (tertiary alicyclic amines) is 1. The van der Waals surface area contributed by atoms with Gasteiger partial charge in [0.15, 0.2) is 0 Å². The van der Waals surface area contributed by atoms with Crippen molar-refractivity contribution in [1.82, 2.24) is 10.2 Å². The maximum Gasteiger partial charge on any atom is 0.248 e. The van der Waals surface area contributed by atoms with Gasteiger partial charge in [-0.15, -0.1) is 11.8 Å². The van der Waals surface area contributed by atoms with Crippen molar-refractivity contribution >= 4 is 45.9 Å². The molecule has 3 saturated heterocycles. The van der Waals surface area contributed by atoms with Gasteiger partial charge in [-0.25, -0.2) is 0 Å². The Balaban J connectivity index is 1.56. The second kappa shape index (κ2) is 8.27. The smallest absolute Gasteiger partial charge is 0.248 e. The fraction of sp³-hybridized carbons (Fsp3) is 0.500. The van der Waals surface area contributed by atoms with Crippen molar-refractivity contribution in [3.8, 4) is 0 Å². The number of fused-ring (bicyclic) bond motifs is 2. The molecule has 1 spiro atoms. The monoisotopic (exact) mass is 481 g/mol. The van der Waals surface area contributed by atoms with Crippen molar-refractivity contribution in [2.24, 2.45) is 11.8 Å². The minimum Gasteiger partial charge on any atom is -0.394 e. The van der Waals surface area contributed by atoms with Crippen LogP contribution < -0.4 is 10.6 Å². The van der Waals surface area contributed by atoms with Gasteiger partial charge in [0, 0.05) is 17.5 Å². The molecular formula is C26H31N3O4S. The molecule has 180 valence electrons. The van der Waals surface area contributed by atoms with Crippen LogP contribution in [0.5, 0.6) is 0 Å². The minimum atomic E-state index is -0.755. The summed E-state index contributed by atoms with van der Waals surface area (Å²) in [4.78, 5) is 42.4. The second-order valence-corrected chi connectivity index (χ2v) is 11.8. The summed E-state index contributed by atoms with van der Waals surface area (Å²) in [6.07, 6.45) is 1.98. The molecule has 34 heavy (non-hydrogen) atoms. The number of carbonyl (C=O) groups excluding carboxylic acids is 3. The zero-order valence-corrected chi connectivity index (χ0v) is 20.5. The number of carbonyl (C=O) groups is 3. The Morgan fingerprint density at radius 1 is 1.18 bits per heavy atom. The van der Waals surface area contributed by atoms with Crippen molar-refractivity contribution in [3.05, 3.63) is 42.5 Å². The first-order valence-electron chi connectivity index (χ1n) is 11.9. The topological polar surface area (TPSA) is 98.7 Å². The van der Waals surface area contributed by atoms with E-state index in [0.717, 1.165) is 17.2 Å². The van der Waals surface area contributed by atoms with E-state index in [1.807, 2.05) is 56.3 Å². The summed E-state index contributed by atoms with van der Waals surface area (Å²) in [5.74, 6) is -1.68. The van der Waals surface area contributed by atoms with Crippen LogP contribution in [0.1, 0.15) is 33.1 Å². The molecular weight excluding hydrogens is 450 g/mol. The molecule has 0 aromatic heterocycles. The van der Waals surface area contributed by atoms with Crippen molar-refractivity contribution in [2.75, 3.05) is 19.0 Å². The Morgan fingerprint density at radius 3 is 2.59 bits per heavy atom. The van der Waals surface area contributed by atoms with Gasteiger partial charge in [-0.1, -0.05) is 37.3 Å². The fourth-order valence-corrected chi connectivity index (χ4v) is 8.85. The van der Waals surface area contributed by atoms with Gasteiger partial charge in [0.2, 0.25) is 17.7 Å². The number of hydrogen-bond acceptors (Lipinski definition) is 5. The standard InChI is InChI=1S/C26H31N3O4S/c1-4-18(14-30)29-21(23(32)28-17-10-9-15-7-5-6-8-16(15)13-17)26-12-11-25(2,34-26)19(22(31)27-3)20(26)24(29)33/h5-10,13,18-21,30H,4,11-12,14H2,1-3H3,(H,27,31)(H,28,32)/t18-,19+,20-,21?,25-,26?/m0/s1. The van der Waals surface area contributed by atoms with Gasteiger partial charge < -0.3 is 20.6 Å². The Hall–Kier alpha value is -2.58. The van der Waals surface area contributed by atoms with E-state index in [1.54, 1.807) is 23.7 Å². The van der Waals surface area contributed by atoms with Gasteiger partial charge in [-0.2, -0.15) is 0 Å². The molecule has 6 atom stereocenters. The average Bonchev–Trinajstić information content (AvgIpc) is 3.40. The Bertz CT molecular complexity index is 1170. The maximum atomic E-state index is 13.9. The molecule has 2 bridgehead atoms. The van der Waals surface area contributed by atoms with Crippen LogP contribution in [0.2, 0.25) is 0 Å². The van der Waals surface area contributed by atoms with Gasteiger partial charge >= 0.3 is 0 Å². The Labute approximate surface area is 203 Å². The highest BCUT2D eigenvalue weighted by atomic mass is 32.2. The van der Waals surface area contributed by atoms with Crippen molar-refractivity contribution < 1.29 is 19.5 Å². The molecule has 8 heteroatoms. The predicted molar refractivity (Wildman–Crippen MR) is 133 cm³/mol. The predicted octanol–water partition coefficient (Wildman–Crippen LogP) is 2.78. The van der Waals surface area contributed by atoms with E-state index < -0.39 is 33.4 Å². The highest BCUT2D eigenvalue weighted by molar-refractivity contribution is 8.02. The largest absolute Gasteiger partial charge is 0.394 e. The summed E-state index contributed by atoms with van der Waals surface area (Å²) in [6.45, 7) is 3.72. The van der Waals surface area contributed by atoms with Crippen LogP contribution in [0, 0.1) is 11.8 Å². The van der Waals surface area contributed by atoms with Gasteiger partial charge in [-0.05, 0) is 49.1 Å². The van der Waals surface area contributed by atoms with E-state index in [0.29, 0.717) is 18.5 Å². The molecule has 2 unspecified atom stereocenters. The molecule has 5 rings (SSSR count). The molecule has 3 heterocycles. The summed E-state index contributed by atoms with van der Waals surface area (Å²) in [5.41, 5.74) is 0.666. The lowest BCUT2D eigenvalue weighted by Crippen LogP contribution is -2.54. The number of aliphatic hydroxyl groups is 1. The molecule has 3 N–H and O–H groups in total. The lowest BCUT2D eigenvalue weighted by atomic mass is 9.66. The number of amides is 3. The van der Waals surface area contributed by atoms with Crippen LogP contribution in [-0.4, -0.2) is 63.0 Å². The lowest BCUT2D eigenvalue weighted by molar-refractivity contribution is -0.142. The number of anilines is 1. The third-order valence-corrected chi connectivity index (χ3v) is 10.1. The fourth-order valence-electron chi connectivity index (χ4n) is 6.50. The Morgan fingerprint density at radius 2 is 1.91 bits per heavy atom.